The molecule has 0 aromatic carbocycles. The van der Waals surface area contributed by atoms with E-state index in [4.69, 9.17) is 10.5 Å². The number of carbonyl (C=O) groups is 2. The van der Waals surface area contributed by atoms with Crippen LogP contribution in [0.15, 0.2) is 0 Å². The zero-order valence-electron chi connectivity index (χ0n) is 9.45. The summed E-state index contributed by atoms with van der Waals surface area (Å²) in [5.41, 5.74) is 4.93. The number of ether oxygens (including phenoxy) is 1. The van der Waals surface area contributed by atoms with Crippen LogP contribution in [0.4, 0.5) is 0 Å². The van der Waals surface area contributed by atoms with E-state index in [-0.39, 0.29) is 30.8 Å². The van der Waals surface area contributed by atoms with Crippen LogP contribution in [-0.2, 0) is 14.3 Å². The number of amides is 2. The first-order valence-corrected chi connectivity index (χ1v) is 4.99. The zero-order valence-corrected chi connectivity index (χ0v) is 9.45. The molecule has 1 aliphatic heterocycles. The Morgan fingerprint density at radius 1 is 1.53 bits per heavy atom. The van der Waals surface area contributed by atoms with E-state index in [2.05, 4.69) is 0 Å². The summed E-state index contributed by atoms with van der Waals surface area (Å²) < 4.78 is 4.95. The summed E-state index contributed by atoms with van der Waals surface area (Å²) >= 11 is 0. The van der Waals surface area contributed by atoms with Crippen LogP contribution in [0.3, 0.4) is 0 Å². The number of rotatable bonds is 4. The molecule has 0 saturated carbocycles. The number of imide groups is 1. The molecular formula is C10H18N2O3. The Kier molecular flexibility index (Phi) is 3.46. The van der Waals surface area contributed by atoms with Crippen LogP contribution < -0.4 is 5.73 Å². The molecule has 1 heterocycles. The average molecular weight is 214 g/mol. The topological polar surface area (TPSA) is 72.6 Å². The van der Waals surface area contributed by atoms with Gasteiger partial charge in [0.25, 0.3) is 0 Å². The van der Waals surface area contributed by atoms with E-state index in [0.29, 0.717) is 6.61 Å². The van der Waals surface area contributed by atoms with Crippen LogP contribution in [0.25, 0.3) is 0 Å². The fourth-order valence-electron chi connectivity index (χ4n) is 1.79. The van der Waals surface area contributed by atoms with Gasteiger partial charge in [-0.1, -0.05) is 13.8 Å². The van der Waals surface area contributed by atoms with Gasteiger partial charge in [0.05, 0.1) is 18.1 Å². The zero-order chi connectivity index (χ0) is 11.6. The standard InChI is InChI=1S/C10H18N2O3/c1-10(2)4-8(13)12(9(10)14)7(5-11)6-15-3/h7H,4-6,11H2,1-3H3. The molecule has 1 atom stereocenters. The van der Waals surface area contributed by atoms with E-state index in [1.807, 2.05) is 0 Å². The lowest BCUT2D eigenvalue weighted by molar-refractivity contribution is -0.144. The first-order valence-electron chi connectivity index (χ1n) is 4.99. The largest absolute Gasteiger partial charge is 0.382 e. The Balaban J connectivity index is 2.85. The van der Waals surface area contributed by atoms with Gasteiger partial charge in [0.15, 0.2) is 0 Å². The van der Waals surface area contributed by atoms with Gasteiger partial charge < -0.3 is 10.5 Å². The molecule has 1 aliphatic rings. The highest BCUT2D eigenvalue weighted by molar-refractivity contribution is 6.05. The second-order valence-corrected chi connectivity index (χ2v) is 4.47. The van der Waals surface area contributed by atoms with Gasteiger partial charge >= 0.3 is 0 Å². The molecule has 0 spiro atoms. The van der Waals surface area contributed by atoms with Crippen LogP contribution in [-0.4, -0.2) is 43.0 Å². The summed E-state index contributed by atoms with van der Waals surface area (Å²) in [5, 5.41) is 0. The fraction of sp³-hybridized carbons (Fsp3) is 0.800. The Hall–Kier alpha value is -0.940. The number of likely N-dealkylation sites (tertiary alicyclic amines) is 1. The highest BCUT2D eigenvalue weighted by Gasteiger charge is 2.47. The second-order valence-electron chi connectivity index (χ2n) is 4.47. The number of carbonyl (C=O) groups excluding carboxylic acids is 2. The lowest BCUT2D eigenvalue weighted by Crippen LogP contribution is -2.47. The number of nitrogens with two attached hydrogens (primary N) is 1. The Labute approximate surface area is 89.6 Å². The predicted octanol–water partition coefficient (Wildman–Crippen LogP) is -0.255. The number of hydrogen-bond acceptors (Lipinski definition) is 4. The van der Waals surface area contributed by atoms with Gasteiger partial charge in [-0.2, -0.15) is 0 Å². The van der Waals surface area contributed by atoms with Crippen molar-refractivity contribution in [2.45, 2.75) is 26.3 Å². The van der Waals surface area contributed by atoms with Crippen LogP contribution in [0.1, 0.15) is 20.3 Å². The lowest BCUT2D eigenvalue weighted by Gasteiger charge is -2.25. The van der Waals surface area contributed by atoms with Crippen LogP contribution in [0.2, 0.25) is 0 Å². The van der Waals surface area contributed by atoms with E-state index in [1.54, 1.807) is 13.8 Å². The Morgan fingerprint density at radius 3 is 2.47 bits per heavy atom. The van der Waals surface area contributed by atoms with Gasteiger partial charge in [-0.3, -0.25) is 14.5 Å². The molecule has 1 fully saturated rings. The van der Waals surface area contributed by atoms with Crippen LogP contribution >= 0.6 is 0 Å². The molecular weight excluding hydrogens is 196 g/mol. The van der Waals surface area contributed by atoms with Crippen LogP contribution in [0, 0.1) is 5.41 Å². The van der Waals surface area contributed by atoms with Crippen molar-refractivity contribution in [3.05, 3.63) is 0 Å². The first kappa shape index (κ1) is 12.1. The average Bonchev–Trinajstić information content (AvgIpc) is 2.34. The van der Waals surface area contributed by atoms with Crippen molar-refractivity contribution >= 4 is 11.8 Å². The highest BCUT2D eigenvalue weighted by atomic mass is 16.5. The predicted molar refractivity (Wildman–Crippen MR) is 55.0 cm³/mol. The van der Waals surface area contributed by atoms with Gasteiger partial charge in [-0.15, -0.1) is 0 Å². The molecule has 1 saturated heterocycles. The highest BCUT2D eigenvalue weighted by Crippen LogP contribution is 2.32. The summed E-state index contributed by atoms with van der Waals surface area (Å²) in [6.07, 6.45) is 0.256. The quantitative estimate of drug-likeness (QED) is 0.655. The molecule has 86 valence electrons. The molecule has 0 aromatic rings. The van der Waals surface area contributed by atoms with E-state index in [0.717, 1.165) is 0 Å². The molecule has 5 heteroatoms. The van der Waals surface area contributed by atoms with Crippen molar-refractivity contribution in [3.63, 3.8) is 0 Å². The Bertz CT molecular complexity index is 276. The molecule has 0 aliphatic carbocycles. The minimum Gasteiger partial charge on any atom is -0.382 e. The summed E-state index contributed by atoms with van der Waals surface area (Å²) in [7, 11) is 1.53. The third kappa shape index (κ3) is 2.18. The number of methoxy groups -OCH3 is 1. The maximum atomic E-state index is 11.9. The van der Waals surface area contributed by atoms with E-state index in [9.17, 15) is 9.59 Å². The third-order valence-corrected chi connectivity index (χ3v) is 2.66. The van der Waals surface area contributed by atoms with Crippen molar-refractivity contribution in [2.75, 3.05) is 20.3 Å². The molecule has 2 amide bonds. The second kappa shape index (κ2) is 4.28. The summed E-state index contributed by atoms with van der Waals surface area (Å²) in [6.45, 7) is 4.08. The molecule has 0 aromatic heterocycles. The van der Waals surface area contributed by atoms with Gasteiger partial charge in [0.2, 0.25) is 11.8 Å². The van der Waals surface area contributed by atoms with Crippen molar-refractivity contribution in [2.24, 2.45) is 11.1 Å². The lowest BCUT2D eigenvalue weighted by atomic mass is 9.92. The van der Waals surface area contributed by atoms with Crippen molar-refractivity contribution in [1.82, 2.24) is 4.90 Å². The fourth-order valence-corrected chi connectivity index (χ4v) is 1.79. The molecule has 2 N–H and O–H groups in total. The van der Waals surface area contributed by atoms with Gasteiger partial charge in [-0.05, 0) is 0 Å². The number of hydrogen-bond donors (Lipinski definition) is 1. The first-order chi connectivity index (χ1) is 6.94. The Morgan fingerprint density at radius 2 is 2.13 bits per heavy atom. The molecule has 0 radical (unpaired) electrons. The maximum absolute atomic E-state index is 11.9. The molecule has 1 unspecified atom stereocenters. The minimum atomic E-state index is -0.599. The molecule has 0 bridgehead atoms. The normalized spacial score (nSPS) is 22.3. The van der Waals surface area contributed by atoms with Gasteiger partial charge in [-0.25, -0.2) is 0 Å². The smallest absolute Gasteiger partial charge is 0.235 e. The third-order valence-electron chi connectivity index (χ3n) is 2.66. The maximum Gasteiger partial charge on any atom is 0.235 e. The van der Waals surface area contributed by atoms with Crippen molar-refractivity contribution < 1.29 is 14.3 Å². The summed E-state index contributed by atoms with van der Waals surface area (Å²) in [6, 6.07) is -0.336. The number of nitrogens with zero attached hydrogens (tertiary/aromatic N) is 1. The van der Waals surface area contributed by atoms with E-state index < -0.39 is 5.41 Å². The van der Waals surface area contributed by atoms with Gasteiger partial charge in [0.1, 0.15) is 0 Å². The van der Waals surface area contributed by atoms with Crippen LogP contribution in [0.5, 0.6) is 0 Å². The van der Waals surface area contributed by atoms with Crippen molar-refractivity contribution in [1.29, 1.82) is 0 Å². The summed E-state index contributed by atoms with van der Waals surface area (Å²) in [4.78, 5) is 24.8. The minimum absolute atomic E-state index is 0.153. The van der Waals surface area contributed by atoms with E-state index >= 15 is 0 Å². The SMILES string of the molecule is COCC(CN)N1C(=O)CC(C)(C)C1=O. The molecule has 5 nitrogen and oxygen atoms in total. The molecule has 15 heavy (non-hydrogen) atoms. The summed E-state index contributed by atoms with van der Waals surface area (Å²) in [5.74, 6) is -0.308. The molecule has 1 rings (SSSR count). The van der Waals surface area contributed by atoms with E-state index in [1.165, 1.54) is 12.0 Å². The van der Waals surface area contributed by atoms with Crippen molar-refractivity contribution in [3.8, 4) is 0 Å². The van der Waals surface area contributed by atoms with Gasteiger partial charge in [0, 0.05) is 20.1 Å². The monoisotopic (exact) mass is 214 g/mol.